The Hall–Kier alpha value is -2.61. The third kappa shape index (κ3) is 6.69. The van der Waals surface area contributed by atoms with Crippen LogP contribution in [0.1, 0.15) is 34.5 Å². The Labute approximate surface area is 201 Å². The van der Waals surface area contributed by atoms with E-state index in [0.717, 1.165) is 48.4 Å². The summed E-state index contributed by atoms with van der Waals surface area (Å²) in [4.78, 5) is 8.67. The summed E-state index contributed by atoms with van der Waals surface area (Å²) in [5.74, 6) is 1.76. The van der Waals surface area contributed by atoms with Crippen LogP contribution in [0.3, 0.4) is 0 Å². The zero-order valence-corrected chi connectivity index (χ0v) is 20.6. The molecule has 0 unspecified atom stereocenters. The maximum atomic E-state index is 5.42. The van der Waals surface area contributed by atoms with Crippen molar-refractivity contribution in [1.29, 1.82) is 0 Å². The normalized spacial score (nSPS) is 14.9. The van der Waals surface area contributed by atoms with Gasteiger partial charge in [0.25, 0.3) is 0 Å². The van der Waals surface area contributed by atoms with Crippen LogP contribution in [0.15, 0.2) is 48.5 Å². The van der Waals surface area contributed by atoms with Gasteiger partial charge in [-0.3, -0.25) is 0 Å². The molecule has 4 rings (SSSR count). The van der Waals surface area contributed by atoms with Crippen molar-refractivity contribution in [2.45, 2.75) is 38.4 Å². The maximum Gasteiger partial charge on any atom is 0.183 e. The van der Waals surface area contributed by atoms with Gasteiger partial charge in [0.05, 0.1) is 19.9 Å². The Bertz CT molecular complexity index is 1030. The molecule has 0 radical (unpaired) electrons. The number of rotatable bonds is 10. The molecule has 2 N–H and O–H groups in total. The molecule has 0 amide bonds. The lowest BCUT2D eigenvalue weighted by molar-refractivity contribution is 0.233. The van der Waals surface area contributed by atoms with E-state index in [2.05, 4.69) is 46.8 Å². The van der Waals surface area contributed by atoms with Crippen molar-refractivity contribution in [2.75, 3.05) is 39.7 Å². The fourth-order valence-corrected chi connectivity index (χ4v) is 5.12. The Morgan fingerprint density at radius 3 is 2.33 bits per heavy atom. The minimum atomic E-state index is 0.556. The van der Waals surface area contributed by atoms with Gasteiger partial charge in [0.1, 0.15) is 11.5 Å². The monoisotopic (exact) mass is 466 g/mol. The van der Waals surface area contributed by atoms with Crippen LogP contribution in [0.4, 0.5) is 5.13 Å². The predicted molar refractivity (Wildman–Crippen MR) is 136 cm³/mol. The molecule has 7 heteroatoms. The van der Waals surface area contributed by atoms with Crippen LogP contribution in [0.2, 0.25) is 0 Å². The molecular weight excluding hydrogens is 432 g/mol. The molecule has 0 saturated carbocycles. The average Bonchev–Trinajstić information content (AvgIpc) is 3.24. The third-order valence-electron chi connectivity index (χ3n) is 6.13. The Morgan fingerprint density at radius 2 is 1.64 bits per heavy atom. The van der Waals surface area contributed by atoms with Crippen molar-refractivity contribution in [3.63, 3.8) is 0 Å². The molecule has 0 bridgehead atoms. The second-order valence-electron chi connectivity index (χ2n) is 8.58. The van der Waals surface area contributed by atoms with E-state index in [-0.39, 0.29) is 0 Å². The molecule has 176 valence electrons. The minimum Gasteiger partial charge on any atom is -0.497 e. The van der Waals surface area contributed by atoms with Gasteiger partial charge in [0.2, 0.25) is 0 Å². The van der Waals surface area contributed by atoms with Crippen molar-refractivity contribution in [3.05, 3.63) is 70.2 Å². The number of methoxy groups -OCH3 is 2. The number of nitrogens with one attached hydrogen (secondary N) is 2. The lowest BCUT2D eigenvalue weighted by Crippen LogP contribution is -2.40. The first-order valence-corrected chi connectivity index (χ1v) is 12.3. The average molecular weight is 467 g/mol. The van der Waals surface area contributed by atoms with Gasteiger partial charge < -0.3 is 25.0 Å². The van der Waals surface area contributed by atoms with Crippen LogP contribution in [-0.2, 0) is 19.5 Å². The molecule has 0 aliphatic carbocycles. The van der Waals surface area contributed by atoms with Crippen LogP contribution in [0.25, 0.3) is 0 Å². The first-order valence-electron chi connectivity index (χ1n) is 11.5. The number of nitrogens with zero attached hydrogens (tertiary/aromatic N) is 2. The fraction of sp³-hybridized carbons (Fsp3) is 0.423. The van der Waals surface area contributed by atoms with E-state index < -0.39 is 0 Å². The number of aromatic nitrogens is 1. The van der Waals surface area contributed by atoms with Gasteiger partial charge in [-0.1, -0.05) is 24.3 Å². The minimum absolute atomic E-state index is 0.556. The number of hydrogen-bond acceptors (Lipinski definition) is 7. The molecule has 1 aromatic heterocycles. The summed E-state index contributed by atoms with van der Waals surface area (Å²) in [6.07, 6.45) is 3.22. The topological polar surface area (TPSA) is 58.7 Å². The van der Waals surface area contributed by atoms with E-state index in [4.69, 9.17) is 14.5 Å². The number of piperidine rings is 1. The summed E-state index contributed by atoms with van der Waals surface area (Å²) < 4.78 is 10.8. The zero-order valence-electron chi connectivity index (χ0n) is 19.8. The van der Waals surface area contributed by atoms with Crippen molar-refractivity contribution >= 4 is 16.5 Å². The van der Waals surface area contributed by atoms with E-state index in [1.165, 1.54) is 28.8 Å². The molecule has 1 aliphatic heterocycles. The highest BCUT2D eigenvalue weighted by Gasteiger charge is 2.18. The first-order chi connectivity index (χ1) is 16.1. The lowest BCUT2D eigenvalue weighted by atomic mass is 10.1. The Kier molecular flexibility index (Phi) is 8.20. The zero-order chi connectivity index (χ0) is 23.0. The highest BCUT2D eigenvalue weighted by molar-refractivity contribution is 7.15. The highest BCUT2D eigenvalue weighted by Crippen LogP contribution is 2.28. The van der Waals surface area contributed by atoms with Crippen molar-refractivity contribution in [2.24, 2.45) is 0 Å². The molecule has 1 fully saturated rings. The number of benzene rings is 2. The molecule has 1 saturated heterocycles. The van der Waals surface area contributed by atoms with Crippen molar-refractivity contribution in [3.8, 4) is 11.5 Å². The van der Waals surface area contributed by atoms with Crippen LogP contribution in [0, 0.1) is 0 Å². The van der Waals surface area contributed by atoms with Crippen molar-refractivity contribution < 1.29 is 9.47 Å². The smallest absolute Gasteiger partial charge is 0.183 e. The van der Waals surface area contributed by atoms with Crippen LogP contribution in [-0.4, -0.2) is 50.3 Å². The number of hydrogen-bond donors (Lipinski definition) is 2. The van der Waals surface area contributed by atoms with E-state index in [1.807, 2.05) is 24.3 Å². The van der Waals surface area contributed by atoms with Crippen LogP contribution >= 0.6 is 11.3 Å². The largest absolute Gasteiger partial charge is 0.497 e. The van der Waals surface area contributed by atoms with Crippen LogP contribution < -0.4 is 20.1 Å². The molecule has 1 aliphatic rings. The number of thiazole rings is 1. The van der Waals surface area contributed by atoms with Gasteiger partial charge in [-0.25, -0.2) is 4.98 Å². The lowest BCUT2D eigenvalue weighted by Gasteiger charge is -2.29. The second kappa shape index (κ2) is 11.5. The van der Waals surface area contributed by atoms with Gasteiger partial charge >= 0.3 is 0 Å². The highest BCUT2D eigenvalue weighted by atomic mass is 32.1. The van der Waals surface area contributed by atoms with Gasteiger partial charge in [0.15, 0.2) is 5.13 Å². The summed E-state index contributed by atoms with van der Waals surface area (Å²) in [7, 11) is 5.61. The van der Waals surface area contributed by atoms with Crippen LogP contribution in [0.5, 0.6) is 11.5 Å². The Balaban J connectivity index is 1.47. The summed E-state index contributed by atoms with van der Waals surface area (Å²) in [5.41, 5.74) is 3.54. The number of ether oxygens (including phenoxy) is 2. The summed E-state index contributed by atoms with van der Waals surface area (Å²) >= 11 is 1.74. The SMILES string of the molecule is COc1cccc(CNc2nc(CNC3CCN(C)CC3)c(Cc3cccc(OC)c3)s2)c1. The summed E-state index contributed by atoms with van der Waals surface area (Å²) in [5, 5.41) is 8.23. The molecule has 2 aromatic carbocycles. The summed E-state index contributed by atoms with van der Waals surface area (Å²) in [6.45, 7) is 3.81. The van der Waals surface area contributed by atoms with Gasteiger partial charge in [-0.2, -0.15) is 0 Å². The van der Waals surface area contributed by atoms with E-state index in [1.54, 1.807) is 25.6 Å². The second-order valence-corrected chi connectivity index (χ2v) is 9.66. The first kappa shape index (κ1) is 23.5. The van der Waals surface area contributed by atoms with Gasteiger partial charge in [0, 0.05) is 30.4 Å². The molecule has 6 nitrogen and oxygen atoms in total. The quantitative estimate of drug-likeness (QED) is 0.457. The van der Waals surface area contributed by atoms with Crippen molar-refractivity contribution in [1.82, 2.24) is 15.2 Å². The fourth-order valence-electron chi connectivity index (χ4n) is 4.12. The molecule has 3 aromatic rings. The van der Waals surface area contributed by atoms with E-state index in [9.17, 15) is 0 Å². The maximum absolute atomic E-state index is 5.42. The number of likely N-dealkylation sites (tertiary alicyclic amines) is 1. The molecule has 2 heterocycles. The van der Waals surface area contributed by atoms with E-state index >= 15 is 0 Å². The molecule has 33 heavy (non-hydrogen) atoms. The predicted octanol–water partition coefficient (Wildman–Crippen LogP) is 4.55. The van der Waals surface area contributed by atoms with Gasteiger partial charge in [-0.15, -0.1) is 11.3 Å². The Morgan fingerprint density at radius 1 is 0.970 bits per heavy atom. The molecule has 0 spiro atoms. The number of anilines is 1. The van der Waals surface area contributed by atoms with Gasteiger partial charge in [-0.05, 0) is 68.4 Å². The third-order valence-corrected chi connectivity index (χ3v) is 7.19. The standard InChI is InChI=1S/C26H34N4O2S/c1-30-12-10-21(11-13-30)27-18-24-25(16-19-6-4-8-22(14-19)31-2)33-26(29-24)28-17-20-7-5-9-23(15-20)32-3/h4-9,14-15,21,27H,10-13,16-18H2,1-3H3,(H,28,29). The molecular formula is C26H34N4O2S. The van der Waals surface area contributed by atoms with E-state index in [0.29, 0.717) is 12.6 Å². The summed E-state index contributed by atoms with van der Waals surface area (Å²) in [6, 6.07) is 17.0. The molecule has 0 atom stereocenters.